The lowest BCUT2D eigenvalue weighted by molar-refractivity contribution is -0.117. The van der Waals surface area contributed by atoms with Gasteiger partial charge in [0.2, 0.25) is 5.91 Å². The summed E-state index contributed by atoms with van der Waals surface area (Å²) < 4.78 is 0. The van der Waals surface area contributed by atoms with Crippen LogP contribution < -0.4 is 15.5 Å². The van der Waals surface area contributed by atoms with Gasteiger partial charge in [-0.3, -0.25) is 4.79 Å². The largest absolute Gasteiger partial charge is 0.372 e. The van der Waals surface area contributed by atoms with Gasteiger partial charge in [0.15, 0.2) is 0 Å². The molecule has 126 valence electrons. The van der Waals surface area contributed by atoms with Crippen molar-refractivity contribution in [1.29, 1.82) is 0 Å². The van der Waals surface area contributed by atoms with Crippen molar-refractivity contribution in [3.05, 3.63) is 24.3 Å². The first-order chi connectivity index (χ1) is 11.0. The van der Waals surface area contributed by atoms with Crippen molar-refractivity contribution < 1.29 is 4.79 Å². The molecule has 1 aromatic carbocycles. The van der Waals surface area contributed by atoms with Crippen LogP contribution in [0.25, 0.3) is 0 Å². The maximum absolute atomic E-state index is 12.4. The summed E-state index contributed by atoms with van der Waals surface area (Å²) >= 11 is 0. The van der Waals surface area contributed by atoms with Crippen molar-refractivity contribution >= 4 is 17.3 Å². The summed E-state index contributed by atoms with van der Waals surface area (Å²) in [4.78, 5) is 14.6. The van der Waals surface area contributed by atoms with E-state index in [0.717, 1.165) is 24.2 Å². The van der Waals surface area contributed by atoms with Crippen LogP contribution in [0.3, 0.4) is 0 Å². The molecule has 0 aliphatic carbocycles. The summed E-state index contributed by atoms with van der Waals surface area (Å²) in [7, 11) is 2.08. The molecule has 1 amide bonds. The maximum Gasteiger partial charge on any atom is 0.224 e. The molecule has 23 heavy (non-hydrogen) atoms. The van der Waals surface area contributed by atoms with Crippen LogP contribution in [0, 0.1) is 5.92 Å². The van der Waals surface area contributed by atoms with Crippen molar-refractivity contribution in [3.8, 4) is 0 Å². The highest BCUT2D eigenvalue weighted by atomic mass is 16.1. The van der Waals surface area contributed by atoms with Crippen molar-refractivity contribution in [2.45, 2.75) is 64.1 Å². The minimum Gasteiger partial charge on any atom is -0.372 e. The summed E-state index contributed by atoms with van der Waals surface area (Å²) in [6, 6.07) is 9.86. The first kappa shape index (κ1) is 16.3. The first-order valence-corrected chi connectivity index (χ1v) is 8.90. The zero-order chi connectivity index (χ0) is 16.4. The molecule has 4 nitrogen and oxygen atoms in total. The van der Waals surface area contributed by atoms with Crippen LogP contribution in [0.15, 0.2) is 24.3 Å². The van der Waals surface area contributed by atoms with E-state index in [0.29, 0.717) is 30.5 Å². The zero-order valence-electron chi connectivity index (χ0n) is 14.5. The van der Waals surface area contributed by atoms with E-state index in [4.69, 9.17) is 0 Å². The third-order valence-electron chi connectivity index (χ3n) is 5.36. The molecule has 2 aliphatic heterocycles. The van der Waals surface area contributed by atoms with E-state index in [9.17, 15) is 4.79 Å². The predicted octanol–water partition coefficient (Wildman–Crippen LogP) is 3.39. The van der Waals surface area contributed by atoms with Gasteiger partial charge in [-0.15, -0.1) is 0 Å². The van der Waals surface area contributed by atoms with Gasteiger partial charge >= 0.3 is 0 Å². The summed E-state index contributed by atoms with van der Waals surface area (Å²) in [5.41, 5.74) is 2.04. The molecule has 0 saturated carbocycles. The van der Waals surface area contributed by atoms with Crippen molar-refractivity contribution in [2.75, 3.05) is 17.3 Å². The number of benzene rings is 1. The number of fused-ring (bicyclic) bond motifs is 2. The normalized spacial score (nSPS) is 26.3. The molecular weight excluding hydrogens is 286 g/mol. The molecule has 2 fully saturated rings. The second-order valence-corrected chi connectivity index (χ2v) is 7.48. The summed E-state index contributed by atoms with van der Waals surface area (Å²) in [6.07, 6.45) is 5.53. The van der Waals surface area contributed by atoms with E-state index < -0.39 is 0 Å². The summed E-state index contributed by atoms with van der Waals surface area (Å²) in [5, 5.41) is 6.72. The van der Waals surface area contributed by atoms with E-state index in [1.165, 1.54) is 12.8 Å². The molecule has 3 rings (SSSR count). The molecule has 2 N–H and O–H groups in total. The topological polar surface area (TPSA) is 44.4 Å². The minimum atomic E-state index is 0.153. The SMILES string of the molecule is CC(C)N(C)c1cccc(NC(=O)CC2CC3CCC(C2)N3)c1. The van der Waals surface area contributed by atoms with Crippen LogP contribution in [0.2, 0.25) is 0 Å². The Morgan fingerprint density at radius 1 is 1.30 bits per heavy atom. The fraction of sp³-hybridized carbons (Fsp3) is 0.632. The Kier molecular flexibility index (Phi) is 4.90. The van der Waals surface area contributed by atoms with Gasteiger partial charge < -0.3 is 15.5 Å². The van der Waals surface area contributed by atoms with E-state index in [2.05, 4.69) is 48.6 Å². The van der Waals surface area contributed by atoms with Crippen LogP contribution in [-0.2, 0) is 4.79 Å². The molecule has 2 saturated heterocycles. The number of nitrogens with one attached hydrogen (secondary N) is 2. The summed E-state index contributed by atoms with van der Waals surface area (Å²) in [6.45, 7) is 4.33. The van der Waals surface area contributed by atoms with Gasteiger partial charge in [0, 0.05) is 43.0 Å². The van der Waals surface area contributed by atoms with Crippen molar-refractivity contribution in [2.24, 2.45) is 5.92 Å². The van der Waals surface area contributed by atoms with Crippen molar-refractivity contribution in [3.63, 3.8) is 0 Å². The molecule has 2 bridgehead atoms. The lowest BCUT2D eigenvalue weighted by atomic mass is 9.89. The third-order valence-corrected chi connectivity index (χ3v) is 5.36. The average molecular weight is 315 g/mol. The number of carbonyl (C=O) groups excluding carboxylic acids is 1. The number of amides is 1. The van der Waals surface area contributed by atoms with Gasteiger partial charge in [-0.1, -0.05) is 6.07 Å². The number of carbonyl (C=O) groups is 1. The van der Waals surface area contributed by atoms with Crippen LogP contribution in [0.5, 0.6) is 0 Å². The molecule has 0 spiro atoms. The molecule has 4 heteroatoms. The van der Waals surface area contributed by atoms with Gasteiger partial charge in [-0.2, -0.15) is 0 Å². The van der Waals surface area contributed by atoms with Crippen LogP contribution in [0.1, 0.15) is 46.0 Å². The van der Waals surface area contributed by atoms with E-state index in [1.807, 2.05) is 12.1 Å². The number of hydrogen-bond acceptors (Lipinski definition) is 3. The standard InChI is InChI=1S/C19H29N3O/c1-13(2)22(3)18-6-4-5-15(12-18)21-19(23)11-14-9-16-7-8-17(10-14)20-16/h4-6,12-14,16-17,20H,7-11H2,1-3H3,(H,21,23). The molecule has 0 radical (unpaired) electrons. The molecule has 2 atom stereocenters. The Balaban J connectivity index is 1.56. The molecule has 2 heterocycles. The second-order valence-electron chi connectivity index (χ2n) is 7.48. The number of piperidine rings is 1. The van der Waals surface area contributed by atoms with Gasteiger partial charge in [0.1, 0.15) is 0 Å². The maximum atomic E-state index is 12.4. The Morgan fingerprint density at radius 2 is 2.00 bits per heavy atom. The van der Waals surface area contributed by atoms with Gasteiger partial charge in [-0.05, 0) is 63.6 Å². The number of rotatable bonds is 5. The Morgan fingerprint density at radius 3 is 2.65 bits per heavy atom. The smallest absolute Gasteiger partial charge is 0.224 e. The predicted molar refractivity (Wildman–Crippen MR) is 95.9 cm³/mol. The molecular formula is C19H29N3O. The second kappa shape index (κ2) is 6.91. The average Bonchev–Trinajstić information content (AvgIpc) is 2.85. The van der Waals surface area contributed by atoms with Crippen LogP contribution in [-0.4, -0.2) is 31.1 Å². The highest BCUT2D eigenvalue weighted by Crippen LogP contribution is 2.33. The fourth-order valence-corrected chi connectivity index (χ4v) is 3.92. The fourth-order valence-electron chi connectivity index (χ4n) is 3.92. The minimum absolute atomic E-state index is 0.153. The van der Waals surface area contributed by atoms with E-state index in [-0.39, 0.29) is 5.91 Å². The number of nitrogens with zero attached hydrogens (tertiary/aromatic N) is 1. The highest BCUT2D eigenvalue weighted by Gasteiger charge is 2.34. The lowest BCUT2D eigenvalue weighted by Crippen LogP contribution is -2.39. The highest BCUT2D eigenvalue weighted by molar-refractivity contribution is 5.91. The molecule has 2 unspecified atom stereocenters. The molecule has 1 aromatic rings. The van der Waals surface area contributed by atoms with E-state index in [1.54, 1.807) is 0 Å². The zero-order valence-corrected chi connectivity index (χ0v) is 14.5. The van der Waals surface area contributed by atoms with Crippen molar-refractivity contribution in [1.82, 2.24) is 5.32 Å². The summed E-state index contributed by atoms with van der Waals surface area (Å²) in [5.74, 6) is 0.691. The number of anilines is 2. The Hall–Kier alpha value is -1.55. The first-order valence-electron chi connectivity index (χ1n) is 8.90. The molecule has 2 aliphatic rings. The monoisotopic (exact) mass is 315 g/mol. The lowest BCUT2D eigenvalue weighted by Gasteiger charge is -2.28. The van der Waals surface area contributed by atoms with Crippen LogP contribution >= 0.6 is 0 Å². The van der Waals surface area contributed by atoms with Gasteiger partial charge in [0.25, 0.3) is 0 Å². The van der Waals surface area contributed by atoms with Crippen LogP contribution in [0.4, 0.5) is 11.4 Å². The van der Waals surface area contributed by atoms with Gasteiger partial charge in [-0.25, -0.2) is 0 Å². The molecule has 0 aromatic heterocycles. The quantitative estimate of drug-likeness (QED) is 0.875. The number of hydrogen-bond donors (Lipinski definition) is 2. The van der Waals surface area contributed by atoms with E-state index >= 15 is 0 Å². The Labute approximate surface area is 139 Å². The third kappa shape index (κ3) is 4.05. The Bertz CT molecular complexity index is 545. The van der Waals surface area contributed by atoms with Gasteiger partial charge in [0.05, 0.1) is 0 Å².